The Morgan fingerprint density at radius 3 is 2.15 bits per heavy atom. The summed E-state index contributed by atoms with van der Waals surface area (Å²) < 4.78 is 6.01. The lowest BCUT2D eigenvalue weighted by Crippen LogP contribution is -2.31. The third-order valence-electron chi connectivity index (χ3n) is 6.98. The highest BCUT2D eigenvalue weighted by Crippen LogP contribution is 2.43. The zero-order valence-electron chi connectivity index (χ0n) is 21.0. The first-order valence-electron chi connectivity index (χ1n) is 12.7. The molecule has 1 aliphatic rings. The molecule has 0 saturated carbocycles. The molecule has 1 unspecified atom stereocenters. The van der Waals surface area contributed by atoms with Crippen molar-refractivity contribution in [3.63, 3.8) is 0 Å². The Bertz CT molecular complexity index is 1580. The van der Waals surface area contributed by atoms with E-state index in [0.29, 0.717) is 28.9 Å². The fourth-order valence-corrected chi connectivity index (χ4v) is 5.24. The van der Waals surface area contributed by atoms with Gasteiger partial charge in [0.1, 0.15) is 18.1 Å². The summed E-state index contributed by atoms with van der Waals surface area (Å²) in [6, 6.07) is 33.0. The van der Waals surface area contributed by atoms with Gasteiger partial charge in [0.2, 0.25) is 0 Å². The number of carbonyl (C=O) groups is 1. The van der Waals surface area contributed by atoms with Crippen molar-refractivity contribution in [2.24, 2.45) is 0 Å². The Morgan fingerprint density at radius 2 is 1.46 bits per heavy atom. The lowest BCUT2D eigenvalue weighted by atomic mass is 9.96. The van der Waals surface area contributed by atoms with E-state index in [1.807, 2.05) is 95.9 Å². The number of benzene rings is 4. The normalized spacial score (nSPS) is 14.5. The Kier molecular flexibility index (Phi) is 7.10. The van der Waals surface area contributed by atoms with Crippen LogP contribution in [0.15, 0.2) is 103 Å². The summed E-state index contributed by atoms with van der Waals surface area (Å²) in [5.41, 5.74) is 6.28. The van der Waals surface area contributed by atoms with Gasteiger partial charge in [0.05, 0.1) is 11.7 Å². The largest absolute Gasteiger partial charge is 0.489 e. The molecule has 194 valence electrons. The number of carbonyl (C=O) groups excluding carboxylic acids is 1. The first kappa shape index (κ1) is 25.2. The maximum absolute atomic E-state index is 13.7. The van der Waals surface area contributed by atoms with Crippen LogP contribution in [0.5, 0.6) is 5.75 Å². The van der Waals surface area contributed by atoms with Crippen molar-refractivity contribution in [3.8, 4) is 17.0 Å². The molecule has 1 aliphatic heterocycles. The van der Waals surface area contributed by atoms with Crippen LogP contribution in [0.3, 0.4) is 0 Å². The Balaban J connectivity index is 1.31. The van der Waals surface area contributed by atoms with Gasteiger partial charge in [0, 0.05) is 27.7 Å². The number of aromatic amines is 1. The van der Waals surface area contributed by atoms with Crippen LogP contribution in [-0.4, -0.2) is 27.5 Å². The van der Waals surface area contributed by atoms with Gasteiger partial charge < -0.3 is 9.64 Å². The van der Waals surface area contributed by atoms with Crippen molar-refractivity contribution in [1.29, 1.82) is 0 Å². The summed E-state index contributed by atoms with van der Waals surface area (Å²) in [4.78, 5) is 15.6. The number of rotatable bonds is 8. The minimum atomic E-state index is -0.286. The zero-order valence-corrected chi connectivity index (χ0v) is 22.5. The molecule has 0 fully saturated rings. The topological polar surface area (TPSA) is 58.2 Å². The van der Waals surface area contributed by atoms with Crippen molar-refractivity contribution in [2.75, 3.05) is 6.54 Å². The summed E-state index contributed by atoms with van der Waals surface area (Å²) >= 11 is 12.1. The first-order valence-corrected chi connectivity index (χ1v) is 13.5. The molecule has 1 aromatic heterocycles. The SMILES string of the molecule is O=C1c2[nH]nc(-c3ccc(Cl)cc3)c2C(c2ccc(OCc3ccc(Cl)cc3)cc2)N1CCc1ccccc1. The van der Waals surface area contributed by atoms with Crippen LogP contribution < -0.4 is 4.74 Å². The highest BCUT2D eigenvalue weighted by Gasteiger charge is 2.41. The number of H-pyrrole nitrogens is 1. The van der Waals surface area contributed by atoms with E-state index in [-0.39, 0.29) is 11.9 Å². The third-order valence-corrected chi connectivity index (χ3v) is 7.48. The first-order chi connectivity index (χ1) is 19.1. The van der Waals surface area contributed by atoms with Crippen LogP contribution in [0.25, 0.3) is 11.3 Å². The van der Waals surface area contributed by atoms with Crippen LogP contribution in [-0.2, 0) is 13.0 Å². The highest BCUT2D eigenvalue weighted by atomic mass is 35.5. The van der Waals surface area contributed by atoms with Crippen molar-refractivity contribution in [1.82, 2.24) is 15.1 Å². The van der Waals surface area contributed by atoms with Crippen LogP contribution in [0, 0.1) is 0 Å². The minimum Gasteiger partial charge on any atom is -0.489 e. The molecule has 0 spiro atoms. The molecule has 0 radical (unpaired) electrons. The molecule has 6 rings (SSSR count). The summed E-state index contributed by atoms with van der Waals surface area (Å²) in [5, 5.41) is 8.92. The lowest BCUT2D eigenvalue weighted by Gasteiger charge is -2.26. The molecule has 7 heteroatoms. The molecule has 39 heavy (non-hydrogen) atoms. The van der Waals surface area contributed by atoms with Crippen LogP contribution in [0.2, 0.25) is 10.0 Å². The van der Waals surface area contributed by atoms with Crippen molar-refractivity contribution in [3.05, 3.63) is 141 Å². The number of hydrogen-bond donors (Lipinski definition) is 1. The summed E-state index contributed by atoms with van der Waals surface area (Å²) in [6.07, 6.45) is 0.749. The highest BCUT2D eigenvalue weighted by molar-refractivity contribution is 6.30. The minimum absolute atomic E-state index is 0.0540. The second-order valence-electron chi connectivity index (χ2n) is 9.49. The molecule has 5 nitrogen and oxygen atoms in total. The van der Waals surface area contributed by atoms with Crippen molar-refractivity contribution >= 4 is 29.1 Å². The van der Waals surface area contributed by atoms with Gasteiger partial charge in [-0.05, 0) is 59.5 Å². The van der Waals surface area contributed by atoms with Gasteiger partial charge >= 0.3 is 0 Å². The molecule has 1 amide bonds. The van der Waals surface area contributed by atoms with E-state index in [2.05, 4.69) is 22.3 Å². The standard InChI is InChI=1S/C32H25Cl2N3O2/c33-25-12-6-22(7-13-25)20-39-27-16-10-24(11-17-27)31-28-29(23-8-14-26(34)15-9-23)35-36-30(28)32(38)37(31)19-18-21-4-2-1-3-5-21/h1-17,31H,18-20H2,(H,35,36). The maximum atomic E-state index is 13.7. The van der Waals surface area contributed by atoms with E-state index >= 15 is 0 Å². The molecular formula is C32H25Cl2N3O2. The summed E-state index contributed by atoms with van der Waals surface area (Å²) in [7, 11) is 0. The summed E-state index contributed by atoms with van der Waals surface area (Å²) in [6.45, 7) is 1.01. The molecule has 1 atom stereocenters. The molecule has 0 saturated heterocycles. The molecule has 1 N–H and O–H groups in total. The van der Waals surface area contributed by atoms with E-state index in [0.717, 1.165) is 40.1 Å². The lowest BCUT2D eigenvalue weighted by molar-refractivity contribution is 0.0746. The number of hydrogen-bond acceptors (Lipinski definition) is 3. The molecule has 4 aromatic carbocycles. The number of halogens is 2. The molecule has 0 aliphatic carbocycles. The molecular weight excluding hydrogens is 529 g/mol. The zero-order chi connectivity index (χ0) is 26.8. The fraction of sp³-hybridized carbons (Fsp3) is 0.125. The Hall–Kier alpha value is -4.06. The van der Waals surface area contributed by atoms with Crippen molar-refractivity contribution < 1.29 is 9.53 Å². The number of fused-ring (bicyclic) bond motifs is 1. The maximum Gasteiger partial charge on any atom is 0.273 e. The number of ether oxygens (including phenoxy) is 1. The number of aromatic nitrogens is 2. The quantitative estimate of drug-likeness (QED) is 0.213. The smallest absolute Gasteiger partial charge is 0.273 e. The number of amides is 1. The predicted molar refractivity (Wildman–Crippen MR) is 154 cm³/mol. The average molecular weight is 554 g/mol. The van der Waals surface area contributed by atoms with Crippen LogP contribution in [0.1, 0.15) is 38.8 Å². The fourth-order valence-electron chi connectivity index (χ4n) is 4.99. The van der Waals surface area contributed by atoms with E-state index in [1.54, 1.807) is 0 Å². The van der Waals surface area contributed by atoms with Crippen LogP contribution in [0.4, 0.5) is 0 Å². The monoisotopic (exact) mass is 553 g/mol. The molecule has 5 aromatic rings. The third kappa shape index (κ3) is 5.29. The van der Waals surface area contributed by atoms with Gasteiger partial charge in [-0.25, -0.2) is 0 Å². The number of nitrogens with zero attached hydrogens (tertiary/aromatic N) is 2. The molecule has 2 heterocycles. The number of nitrogens with one attached hydrogen (secondary N) is 1. The van der Waals surface area contributed by atoms with Gasteiger partial charge in [0.25, 0.3) is 5.91 Å². The van der Waals surface area contributed by atoms with E-state index in [1.165, 1.54) is 5.56 Å². The van der Waals surface area contributed by atoms with Gasteiger partial charge in [-0.2, -0.15) is 5.10 Å². The average Bonchev–Trinajstić information content (AvgIpc) is 3.51. The van der Waals surface area contributed by atoms with Gasteiger partial charge in [0.15, 0.2) is 0 Å². The van der Waals surface area contributed by atoms with E-state index in [9.17, 15) is 4.79 Å². The molecule has 0 bridgehead atoms. The Morgan fingerprint density at radius 1 is 0.795 bits per heavy atom. The van der Waals surface area contributed by atoms with Gasteiger partial charge in [-0.1, -0.05) is 89.9 Å². The summed E-state index contributed by atoms with van der Waals surface area (Å²) in [5.74, 6) is 0.695. The van der Waals surface area contributed by atoms with E-state index in [4.69, 9.17) is 27.9 Å². The Labute approximate surface area is 237 Å². The second-order valence-corrected chi connectivity index (χ2v) is 10.4. The van der Waals surface area contributed by atoms with E-state index < -0.39 is 0 Å². The van der Waals surface area contributed by atoms with Gasteiger partial charge in [-0.15, -0.1) is 0 Å². The second kappa shape index (κ2) is 11.0. The van der Waals surface area contributed by atoms with Crippen LogP contribution >= 0.6 is 23.2 Å². The van der Waals surface area contributed by atoms with Crippen molar-refractivity contribution in [2.45, 2.75) is 19.1 Å². The van der Waals surface area contributed by atoms with Gasteiger partial charge in [-0.3, -0.25) is 9.89 Å². The predicted octanol–water partition coefficient (Wildman–Crippen LogP) is 7.75.